The molecule has 6 nitrogen and oxygen atoms in total. The first-order valence-electron chi connectivity index (χ1n) is 5.47. The van der Waals surface area contributed by atoms with Gasteiger partial charge in [-0.2, -0.15) is 4.31 Å². The molecule has 1 aromatic carbocycles. The van der Waals surface area contributed by atoms with Gasteiger partial charge < -0.3 is 15.6 Å². The Labute approximate surface area is 121 Å². The third-order valence-electron chi connectivity index (χ3n) is 2.50. The average Bonchev–Trinajstić information content (AvgIpc) is 2.32. The summed E-state index contributed by atoms with van der Waals surface area (Å²) in [5.74, 6) is 0. The Balaban J connectivity index is 2.93. The molecule has 0 saturated carbocycles. The van der Waals surface area contributed by atoms with Crippen LogP contribution in [0.4, 0.5) is 5.69 Å². The van der Waals surface area contributed by atoms with Crippen LogP contribution >= 0.6 is 15.9 Å². The number of nitrogen functional groups attached to an aromatic ring is 1. The van der Waals surface area contributed by atoms with E-state index in [0.29, 0.717) is 10.2 Å². The fourth-order valence-electron chi connectivity index (χ4n) is 1.50. The second kappa shape index (κ2) is 6.67. The predicted molar refractivity (Wildman–Crippen MR) is 76.3 cm³/mol. The molecule has 0 amide bonds. The van der Waals surface area contributed by atoms with Gasteiger partial charge in [-0.05, 0) is 34.1 Å². The molecule has 1 atom stereocenters. The summed E-state index contributed by atoms with van der Waals surface area (Å²) >= 11 is 3.20. The number of aliphatic hydroxyl groups excluding tert-OH is 1. The Morgan fingerprint density at radius 2 is 2.16 bits per heavy atom. The van der Waals surface area contributed by atoms with E-state index in [0.717, 1.165) is 4.31 Å². The topological polar surface area (TPSA) is 92.9 Å². The van der Waals surface area contributed by atoms with E-state index in [-0.39, 0.29) is 18.0 Å². The van der Waals surface area contributed by atoms with Crippen molar-refractivity contribution in [2.75, 3.05) is 33.0 Å². The molecule has 0 aromatic heterocycles. The number of aliphatic hydroxyl groups is 1. The lowest BCUT2D eigenvalue weighted by molar-refractivity contribution is 0.0554. The number of benzene rings is 1. The van der Waals surface area contributed by atoms with Crippen molar-refractivity contribution < 1.29 is 18.3 Å². The number of likely N-dealkylation sites (N-methyl/N-ethyl adjacent to an activating group) is 1. The fraction of sp³-hybridized carbons (Fsp3) is 0.455. The van der Waals surface area contributed by atoms with Crippen LogP contribution in [0.5, 0.6) is 0 Å². The van der Waals surface area contributed by atoms with Crippen molar-refractivity contribution in [3.8, 4) is 0 Å². The lowest BCUT2D eigenvalue weighted by Crippen LogP contribution is -2.36. The van der Waals surface area contributed by atoms with Gasteiger partial charge in [-0.25, -0.2) is 8.42 Å². The quantitative estimate of drug-likeness (QED) is 0.733. The van der Waals surface area contributed by atoms with Gasteiger partial charge in [-0.1, -0.05) is 0 Å². The van der Waals surface area contributed by atoms with Gasteiger partial charge in [-0.3, -0.25) is 0 Å². The van der Waals surface area contributed by atoms with Gasteiger partial charge in [0.2, 0.25) is 10.0 Å². The molecule has 1 unspecified atom stereocenters. The summed E-state index contributed by atoms with van der Waals surface area (Å²) in [5.41, 5.74) is 6.01. The van der Waals surface area contributed by atoms with Crippen molar-refractivity contribution in [2.45, 2.75) is 11.0 Å². The predicted octanol–water partition coefficient (Wildman–Crippen LogP) is 0.659. The molecule has 0 heterocycles. The Morgan fingerprint density at radius 1 is 1.53 bits per heavy atom. The maximum Gasteiger partial charge on any atom is 0.242 e. The second-order valence-electron chi connectivity index (χ2n) is 4.08. The van der Waals surface area contributed by atoms with E-state index < -0.39 is 16.1 Å². The molecule has 1 rings (SSSR count). The van der Waals surface area contributed by atoms with Crippen LogP contribution in [0, 0.1) is 0 Å². The Kier molecular flexibility index (Phi) is 5.75. The first kappa shape index (κ1) is 16.4. The summed E-state index contributed by atoms with van der Waals surface area (Å²) in [6, 6.07) is 4.40. The lowest BCUT2D eigenvalue weighted by Gasteiger charge is -2.20. The number of methoxy groups -OCH3 is 1. The summed E-state index contributed by atoms with van der Waals surface area (Å²) in [6.07, 6.45) is -0.877. The lowest BCUT2D eigenvalue weighted by atomic mass is 10.3. The second-order valence-corrected chi connectivity index (χ2v) is 6.98. The van der Waals surface area contributed by atoms with Crippen molar-refractivity contribution in [3.05, 3.63) is 22.7 Å². The number of ether oxygens (including phenoxy) is 1. The van der Waals surface area contributed by atoms with E-state index in [1.165, 1.54) is 26.3 Å². The van der Waals surface area contributed by atoms with Crippen molar-refractivity contribution in [2.24, 2.45) is 0 Å². The summed E-state index contributed by atoms with van der Waals surface area (Å²) in [4.78, 5) is 0.0836. The zero-order valence-corrected chi connectivity index (χ0v) is 13.1. The van der Waals surface area contributed by atoms with Gasteiger partial charge in [0.1, 0.15) is 0 Å². The summed E-state index contributed by atoms with van der Waals surface area (Å²) in [5, 5.41) is 9.57. The third-order valence-corrected chi connectivity index (χ3v) is 5.04. The molecule has 1 aromatic rings. The molecule has 0 aliphatic rings. The number of hydrogen-bond acceptors (Lipinski definition) is 5. The minimum atomic E-state index is -3.67. The monoisotopic (exact) mass is 352 g/mol. The number of halogens is 1. The minimum absolute atomic E-state index is 0.0495. The summed E-state index contributed by atoms with van der Waals surface area (Å²) in [6.45, 7) is 0.0223. The van der Waals surface area contributed by atoms with Gasteiger partial charge in [0.05, 0.1) is 17.6 Å². The van der Waals surface area contributed by atoms with Crippen LogP contribution in [-0.4, -0.2) is 51.2 Å². The molecule has 3 N–H and O–H groups in total. The van der Waals surface area contributed by atoms with Crippen LogP contribution < -0.4 is 5.73 Å². The molecule has 8 heteroatoms. The third kappa shape index (κ3) is 4.15. The van der Waals surface area contributed by atoms with Gasteiger partial charge in [0, 0.05) is 30.9 Å². The van der Waals surface area contributed by atoms with Gasteiger partial charge in [0.15, 0.2) is 0 Å². The van der Waals surface area contributed by atoms with E-state index in [4.69, 9.17) is 10.5 Å². The van der Waals surface area contributed by atoms with Crippen LogP contribution in [-0.2, 0) is 14.8 Å². The molecule has 0 fully saturated rings. The largest absolute Gasteiger partial charge is 0.398 e. The summed E-state index contributed by atoms with van der Waals surface area (Å²) < 4.78 is 30.9. The van der Waals surface area contributed by atoms with E-state index >= 15 is 0 Å². The van der Waals surface area contributed by atoms with Gasteiger partial charge in [-0.15, -0.1) is 0 Å². The molecule has 0 bridgehead atoms. The molecule has 0 radical (unpaired) electrons. The average molecular weight is 353 g/mol. The number of anilines is 1. The SMILES string of the molecule is COCC(O)CN(C)S(=O)(=O)c1ccc(Br)c(N)c1. The standard InChI is InChI=1S/C11H17BrN2O4S/c1-14(6-8(15)7-18-2)19(16,17)9-3-4-10(12)11(13)5-9/h3-5,8,15H,6-7,13H2,1-2H3. The van der Waals surface area contributed by atoms with Crippen LogP contribution in [0.15, 0.2) is 27.6 Å². The first-order chi connectivity index (χ1) is 8.78. The Morgan fingerprint density at radius 3 is 2.68 bits per heavy atom. The van der Waals surface area contributed by atoms with Crippen LogP contribution in [0.2, 0.25) is 0 Å². The number of nitrogens with two attached hydrogens (primary N) is 1. The molecule has 19 heavy (non-hydrogen) atoms. The highest BCUT2D eigenvalue weighted by atomic mass is 79.9. The van der Waals surface area contributed by atoms with Crippen molar-refractivity contribution in [1.29, 1.82) is 0 Å². The van der Waals surface area contributed by atoms with Crippen molar-refractivity contribution in [1.82, 2.24) is 4.31 Å². The molecule has 0 aliphatic heterocycles. The molecular weight excluding hydrogens is 336 g/mol. The number of hydrogen-bond donors (Lipinski definition) is 2. The normalized spacial score (nSPS) is 13.7. The highest BCUT2D eigenvalue weighted by molar-refractivity contribution is 9.10. The number of rotatable bonds is 6. The number of sulfonamides is 1. The highest BCUT2D eigenvalue weighted by Crippen LogP contribution is 2.24. The Bertz CT molecular complexity index is 535. The zero-order valence-electron chi connectivity index (χ0n) is 10.7. The molecule has 0 aliphatic carbocycles. The van der Waals surface area contributed by atoms with Crippen molar-refractivity contribution in [3.63, 3.8) is 0 Å². The van der Waals surface area contributed by atoms with E-state index in [2.05, 4.69) is 15.9 Å². The minimum Gasteiger partial charge on any atom is -0.398 e. The molecule has 0 saturated heterocycles. The Hall–Kier alpha value is -0.670. The maximum absolute atomic E-state index is 12.2. The molecular formula is C11H17BrN2O4S. The van der Waals surface area contributed by atoms with E-state index in [1.54, 1.807) is 6.07 Å². The fourth-order valence-corrected chi connectivity index (χ4v) is 2.99. The maximum atomic E-state index is 12.2. The van der Waals surface area contributed by atoms with Crippen LogP contribution in [0.3, 0.4) is 0 Å². The van der Waals surface area contributed by atoms with Gasteiger partial charge >= 0.3 is 0 Å². The smallest absolute Gasteiger partial charge is 0.242 e. The zero-order chi connectivity index (χ0) is 14.6. The number of nitrogens with zero attached hydrogens (tertiary/aromatic N) is 1. The van der Waals surface area contributed by atoms with E-state index in [1.807, 2.05) is 0 Å². The first-order valence-corrected chi connectivity index (χ1v) is 7.70. The summed E-state index contributed by atoms with van der Waals surface area (Å²) in [7, 11) is -0.842. The van der Waals surface area contributed by atoms with Gasteiger partial charge in [0.25, 0.3) is 0 Å². The molecule has 0 spiro atoms. The highest BCUT2D eigenvalue weighted by Gasteiger charge is 2.23. The molecule has 108 valence electrons. The van der Waals surface area contributed by atoms with Crippen molar-refractivity contribution >= 4 is 31.6 Å². The van der Waals surface area contributed by atoms with E-state index in [9.17, 15) is 13.5 Å². The van der Waals surface area contributed by atoms with Crippen LogP contribution in [0.1, 0.15) is 0 Å². The van der Waals surface area contributed by atoms with Crippen LogP contribution in [0.25, 0.3) is 0 Å².